The van der Waals surface area contributed by atoms with E-state index in [1.54, 1.807) is 18.2 Å². The molecular formula is C9H11Cl2O4P. The molecule has 0 amide bonds. The standard InChI is InChI=1S/C9H11Cl2O4P/c1-13-16(12,14-2)15-6-7-3-4-8(10)5-9(7)11/h3-5H,6H2,1-2H3. The molecule has 0 fully saturated rings. The molecular weight excluding hydrogens is 274 g/mol. The molecule has 0 saturated carbocycles. The van der Waals surface area contributed by atoms with Crippen LogP contribution in [0.5, 0.6) is 0 Å². The van der Waals surface area contributed by atoms with E-state index >= 15 is 0 Å². The van der Waals surface area contributed by atoms with Gasteiger partial charge in [-0.1, -0.05) is 29.3 Å². The number of phosphoric ester groups is 1. The summed E-state index contributed by atoms with van der Waals surface area (Å²) in [5, 5.41) is 0.960. The number of rotatable bonds is 5. The second kappa shape index (κ2) is 6.01. The normalized spacial score (nSPS) is 11.8. The van der Waals surface area contributed by atoms with Gasteiger partial charge in [0.2, 0.25) is 0 Å². The molecule has 0 heterocycles. The van der Waals surface area contributed by atoms with Gasteiger partial charge in [-0.15, -0.1) is 0 Å². The van der Waals surface area contributed by atoms with Gasteiger partial charge >= 0.3 is 7.82 Å². The van der Waals surface area contributed by atoms with Gasteiger partial charge in [-0.05, 0) is 17.7 Å². The number of hydrogen-bond donors (Lipinski definition) is 0. The van der Waals surface area contributed by atoms with Crippen LogP contribution in [0.3, 0.4) is 0 Å². The number of halogens is 2. The lowest BCUT2D eigenvalue weighted by molar-refractivity contribution is 0.146. The molecule has 1 aromatic rings. The first-order valence-electron chi connectivity index (χ1n) is 4.31. The first-order valence-corrected chi connectivity index (χ1v) is 6.52. The average Bonchev–Trinajstić information content (AvgIpc) is 2.27. The maximum Gasteiger partial charge on any atom is 0.474 e. The quantitative estimate of drug-likeness (QED) is 0.769. The number of benzene rings is 1. The molecule has 16 heavy (non-hydrogen) atoms. The molecule has 90 valence electrons. The van der Waals surface area contributed by atoms with Gasteiger partial charge in [-0.25, -0.2) is 4.57 Å². The van der Waals surface area contributed by atoms with E-state index in [0.717, 1.165) is 0 Å². The van der Waals surface area contributed by atoms with E-state index in [-0.39, 0.29) is 6.61 Å². The molecule has 1 rings (SSSR count). The van der Waals surface area contributed by atoms with Crippen molar-refractivity contribution in [3.8, 4) is 0 Å². The van der Waals surface area contributed by atoms with Gasteiger partial charge in [-0.2, -0.15) is 0 Å². The van der Waals surface area contributed by atoms with E-state index < -0.39 is 7.82 Å². The van der Waals surface area contributed by atoms with Gasteiger partial charge in [0.25, 0.3) is 0 Å². The largest absolute Gasteiger partial charge is 0.474 e. The number of phosphoric acid groups is 1. The highest BCUT2D eigenvalue weighted by Crippen LogP contribution is 2.48. The molecule has 0 atom stereocenters. The Labute approximate surface area is 104 Å². The highest BCUT2D eigenvalue weighted by molar-refractivity contribution is 7.48. The summed E-state index contributed by atoms with van der Waals surface area (Å²) in [5.41, 5.74) is 0.653. The zero-order chi connectivity index (χ0) is 12.2. The third-order valence-electron chi connectivity index (χ3n) is 1.84. The third-order valence-corrected chi connectivity index (χ3v) is 3.77. The Hall–Kier alpha value is -0.0900. The van der Waals surface area contributed by atoms with Crippen molar-refractivity contribution >= 4 is 31.0 Å². The molecule has 0 N–H and O–H groups in total. The minimum absolute atomic E-state index is 0.0228. The molecule has 0 radical (unpaired) electrons. The van der Waals surface area contributed by atoms with Crippen LogP contribution in [0.4, 0.5) is 0 Å². The number of hydrogen-bond acceptors (Lipinski definition) is 4. The lowest BCUT2D eigenvalue weighted by Gasteiger charge is -2.13. The van der Waals surface area contributed by atoms with Crippen molar-refractivity contribution in [1.29, 1.82) is 0 Å². The summed E-state index contributed by atoms with van der Waals surface area (Å²) in [4.78, 5) is 0. The van der Waals surface area contributed by atoms with Crippen LogP contribution in [0.25, 0.3) is 0 Å². The lowest BCUT2D eigenvalue weighted by Crippen LogP contribution is -1.96. The van der Waals surface area contributed by atoms with Crippen LogP contribution in [0, 0.1) is 0 Å². The van der Waals surface area contributed by atoms with E-state index in [9.17, 15) is 4.57 Å². The van der Waals surface area contributed by atoms with Gasteiger partial charge in [-0.3, -0.25) is 13.6 Å². The second-order valence-corrected chi connectivity index (χ2v) is 5.55. The smallest absolute Gasteiger partial charge is 0.290 e. The maximum absolute atomic E-state index is 11.6. The third kappa shape index (κ3) is 3.74. The second-order valence-electron chi connectivity index (χ2n) is 2.82. The summed E-state index contributed by atoms with van der Waals surface area (Å²) in [7, 11) is -0.982. The van der Waals surface area contributed by atoms with E-state index in [0.29, 0.717) is 15.6 Å². The van der Waals surface area contributed by atoms with Gasteiger partial charge in [0, 0.05) is 24.3 Å². The van der Waals surface area contributed by atoms with Crippen LogP contribution in [0.2, 0.25) is 10.0 Å². The van der Waals surface area contributed by atoms with Crippen molar-refractivity contribution in [3.63, 3.8) is 0 Å². The van der Waals surface area contributed by atoms with Crippen LogP contribution in [0.15, 0.2) is 18.2 Å². The van der Waals surface area contributed by atoms with Crippen molar-refractivity contribution in [2.75, 3.05) is 14.2 Å². The van der Waals surface area contributed by atoms with Crippen LogP contribution >= 0.6 is 31.0 Å². The predicted octanol–water partition coefficient (Wildman–Crippen LogP) is 3.91. The molecule has 0 aromatic heterocycles. The molecule has 7 heteroatoms. The van der Waals surface area contributed by atoms with Crippen LogP contribution in [0.1, 0.15) is 5.56 Å². The van der Waals surface area contributed by atoms with Crippen molar-refractivity contribution in [1.82, 2.24) is 0 Å². The van der Waals surface area contributed by atoms with E-state index in [1.807, 2.05) is 0 Å². The summed E-state index contributed by atoms with van der Waals surface area (Å²) < 4.78 is 25.8. The fourth-order valence-corrected chi connectivity index (χ4v) is 2.09. The highest BCUT2D eigenvalue weighted by atomic mass is 35.5. The topological polar surface area (TPSA) is 44.8 Å². The molecule has 4 nitrogen and oxygen atoms in total. The minimum atomic E-state index is -3.47. The molecule has 0 spiro atoms. The first-order chi connectivity index (χ1) is 7.50. The van der Waals surface area contributed by atoms with Crippen LogP contribution in [-0.4, -0.2) is 14.2 Å². The molecule has 0 unspecified atom stereocenters. The van der Waals surface area contributed by atoms with Gasteiger partial charge in [0.1, 0.15) is 0 Å². The fraction of sp³-hybridized carbons (Fsp3) is 0.333. The van der Waals surface area contributed by atoms with E-state index in [1.165, 1.54) is 14.2 Å². The SMILES string of the molecule is COP(=O)(OC)OCc1ccc(Cl)cc1Cl. The summed E-state index contributed by atoms with van der Waals surface area (Å²) >= 11 is 11.6. The Bertz CT molecular complexity index is 402. The Morgan fingerprint density at radius 3 is 2.38 bits per heavy atom. The predicted molar refractivity (Wildman–Crippen MR) is 62.9 cm³/mol. The summed E-state index contributed by atoms with van der Waals surface area (Å²) in [5.74, 6) is 0. The Kier molecular flexibility index (Phi) is 5.25. The first kappa shape index (κ1) is 14.0. The molecule has 0 aliphatic carbocycles. The highest BCUT2D eigenvalue weighted by Gasteiger charge is 2.22. The summed E-state index contributed by atoms with van der Waals surface area (Å²) in [6.45, 7) is 0.0228. The minimum Gasteiger partial charge on any atom is -0.290 e. The van der Waals surface area contributed by atoms with Crippen molar-refractivity contribution in [2.45, 2.75) is 6.61 Å². The molecule has 0 aliphatic heterocycles. The summed E-state index contributed by atoms with van der Waals surface area (Å²) in [6.07, 6.45) is 0. The maximum atomic E-state index is 11.6. The Morgan fingerprint density at radius 2 is 1.88 bits per heavy atom. The Balaban J connectivity index is 2.71. The average molecular weight is 285 g/mol. The summed E-state index contributed by atoms with van der Waals surface area (Å²) in [6, 6.07) is 4.92. The zero-order valence-corrected chi connectivity index (χ0v) is 11.2. The van der Waals surface area contributed by atoms with Gasteiger partial charge < -0.3 is 0 Å². The van der Waals surface area contributed by atoms with Crippen LogP contribution < -0.4 is 0 Å². The zero-order valence-electron chi connectivity index (χ0n) is 8.78. The molecule has 1 aromatic carbocycles. The Morgan fingerprint density at radius 1 is 1.25 bits per heavy atom. The van der Waals surface area contributed by atoms with Crippen molar-refractivity contribution in [3.05, 3.63) is 33.8 Å². The van der Waals surface area contributed by atoms with Gasteiger partial charge in [0.05, 0.1) is 6.61 Å². The lowest BCUT2D eigenvalue weighted by atomic mass is 10.2. The molecule has 0 bridgehead atoms. The fourth-order valence-electron chi connectivity index (χ4n) is 0.967. The molecule has 0 aliphatic rings. The van der Waals surface area contributed by atoms with Crippen molar-refractivity contribution in [2.24, 2.45) is 0 Å². The van der Waals surface area contributed by atoms with E-state index in [4.69, 9.17) is 27.7 Å². The monoisotopic (exact) mass is 284 g/mol. The van der Waals surface area contributed by atoms with Crippen LogP contribution in [-0.2, 0) is 24.7 Å². The van der Waals surface area contributed by atoms with Gasteiger partial charge in [0.15, 0.2) is 0 Å². The molecule has 0 saturated heterocycles. The van der Waals surface area contributed by atoms with E-state index in [2.05, 4.69) is 9.05 Å². The van der Waals surface area contributed by atoms with Crippen molar-refractivity contribution < 1.29 is 18.1 Å².